The van der Waals surface area contributed by atoms with Crippen molar-refractivity contribution in [2.75, 3.05) is 33.6 Å². The van der Waals surface area contributed by atoms with E-state index in [9.17, 15) is 26.9 Å². The first-order chi connectivity index (χ1) is 24.8. The van der Waals surface area contributed by atoms with Crippen molar-refractivity contribution in [3.05, 3.63) is 51.6 Å². The highest BCUT2D eigenvalue weighted by Crippen LogP contribution is 2.56. The minimum Gasteiger partial charge on any atom is -0.477 e. The Morgan fingerprint density at radius 2 is 1.90 bits per heavy atom. The van der Waals surface area contributed by atoms with Crippen LogP contribution in [0.1, 0.15) is 71.5 Å². The van der Waals surface area contributed by atoms with E-state index in [0.717, 1.165) is 49.3 Å². The molecule has 4 heterocycles. The van der Waals surface area contributed by atoms with Gasteiger partial charge >= 0.3 is 6.18 Å². The molecular weight excluding hydrogens is 726 g/mol. The summed E-state index contributed by atoms with van der Waals surface area (Å²) in [4.78, 5) is 23.5. The lowest BCUT2D eigenvalue weighted by Gasteiger charge is -2.39. The van der Waals surface area contributed by atoms with Gasteiger partial charge in [-0.1, -0.05) is 5.16 Å². The van der Waals surface area contributed by atoms with Gasteiger partial charge in [-0.25, -0.2) is 15.0 Å². The summed E-state index contributed by atoms with van der Waals surface area (Å²) in [5.74, 6) is -0.814. The molecule has 0 N–H and O–H groups in total. The minimum atomic E-state index is -4.85. The molecule has 0 saturated heterocycles. The Hall–Kier alpha value is -4.67. The Morgan fingerprint density at radius 3 is 2.60 bits per heavy atom. The third kappa shape index (κ3) is 6.81. The van der Waals surface area contributed by atoms with E-state index >= 15 is 0 Å². The lowest BCUT2D eigenvalue weighted by Crippen LogP contribution is -2.35. The van der Waals surface area contributed by atoms with Gasteiger partial charge in [-0.05, 0) is 56.9 Å². The number of rotatable bonds is 11. The van der Waals surface area contributed by atoms with Crippen LogP contribution in [0.5, 0.6) is 17.5 Å². The summed E-state index contributed by atoms with van der Waals surface area (Å²) in [6.07, 6.45) is 3.90. The van der Waals surface area contributed by atoms with E-state index in [1.165, 1.54) is 17.4 Å². The Bertz CT molecular complexity index is 2190. The van der Waals surface area contributed by atoms with Gasteiger partial charge in [-0.3, -0.25) is 4.18 Å². The second kappa shape index (κ2) is 13.4. The van der Waals surface area contributed by atoms with E-state index in [1.54, 1.807) is 11.2 Å². The van der Waals surface area contributed by atoms with E-state index in [0.29, 0.717) is 54.0 Å². The number of ether oxygens (including phenoxy) is 2. The average Bonchev–Trinajstić information content (AvgIpc) is 3.53. The second-order valence-corrected chi connectivity index (χ2v) is 16.2. The molecule has 0 bridgehead atoms. The standard InChI is InChI=1S/C33H33F3N8O6S2/c1-44(2)18-40-30-20(13-37)25-22(51-30)7-5-9-32(25)8-4-6-19-26(43-50-28(19)32)29-41-23(48-15-31(10-11-31)16-52(45,46)47-3)12-24(42-29)49-21-14-38-17-39-27(21)33(34,35)36/h12,14,17-18H,4-11,15-16H2,1-3H3/t32-/m0/s1. The van der Waals surface area contributed by atoms with Crippen LogP contribution in [-0.4, -0.2) is 78.3 Å². The van der Waals surface area contributed by atoms with E-state index in [-0.39, 0.29) is 35.6 Å². The third-order valence-electron chi connectivity index (χ3n) is 9.49. The van der Waals surface area contributed by atoms with Crippen molar-refractivity contribution in [3.63, 3.8) is 0 Å². The summed E-state index contributed by atoms with van der Waals surface area (Å²) in [6.45, 7) is -0.0652. The lowest BCUT2D eigenvalue weighted by atomic mass is 9.63. The van der Waals surface area contributed by atoms with Gasteiger partial charge in [0.1, 0.15) is 17.4 Å². The molecule has 3 aliphatic rings. The topological polar surface area (TPSA) is 179 Å². The highest BCUT2D eigenvalue weighted by molar-refractivity contribution is 7.86. The van der Waals surface area contributed by atoms with Crippen molar-refractivity contribution in [3.8, 4) is 35.1 Å². The van der Waals surface area contributed by atoms with Crippen molar-refractivity contribution in [2.24, 2.45) is 10.4 Å². The van der Waals surface area contributed by atoms with Crippen LogP contribution in [0.2, 0.25) is 0 Å². The highest BCUT2D eigenvalue weighted by Gasteiger charge is 2.50. The van der Waals surface area contributed by atoms with Crippen LogP contribution in [0.25, 0.3) is 11.5 Å². The molecule has 19 heteroatoms. The molecule has 0 radical (unpaired) electrons. The summed E-state index contributed by atoms with van der Waals surface area (Å²) in [6, 6.07) is 3.60. The van der Waals surface area contributed by atoms with Gasteiger partial charge in [0.15, 0.2) is 28.7 Å². The van der Waals surface area contributed by atoms with Crippen molar-refractivity contribution in [2.45, 2.75) is 63.0 Å². The van der Waals surface area contributed by atoms with E-state index in [1.807, 2.05) is 14.1 Å². The Balaban J connectivity index is 1.30. The number of nitrogens with zero attached hydrogens (tertiary/aromatic N) is 8. The fraction of sp³-hybridized carbons (Fsp3) is 0.485. The van der Waals surface area contributed by atoms with E-state index < -0.39 is 38.6 Å². The molecule has 0 unspecified atom stereocenters. The molecule has 4 aromatic heterocycles. The summed E-state index contributed by atoms with van der Waals surface area (Å²) < 4.78 is 88.3. The van der Waals surface area contributed by atoms with Crippen LogP contribution < -0.4 is 9.47 Å². The zero-order valence-corrected chi connectivity index (χ0v) is 30.0. The molecule has 1 atom stereocenters. The molecular formula is C33H33F3N8O6S2. The maximum Gasteiger partial charge on any atom is 0.437 e. The molecule has 1 spiro atoms. The largest absolute Gasteiger partial charge is 0.477 e. The number of fused-ring (bicyclic) bond motifs is 4. The maximum atomic E-state index is 13.8. The van der Waals surface area contributed by atoms with Crippen LogP contribution in [-0.2, 0) is 38.7 Å². The van der Waals surface area contributed by atoms with Gasteiger partial charge in [0.25, 0.3) is 10.1 Å². The Kier molecular flexibility index (Phi) is 9.20. The molecule has 14 nitrogen and oxygen atoms in total. The fourth-order valence-corrected chi connectivity index (χ4v) is 9.43. The number of thiophene rings is 1. The molecule has 274 valence electrons. The first-order valence-electron chi connectivity index (χ1n) is 16.4. The first-order valence-corrected chi connectivity index (χ1v) is 18.8. The number of halogens is 3. The summed E-state index contributed by atoms with van der Waals surface area (Å²) >= 11 is 1.50. The predicted octanol–water partition coefficient (Wildman–Crippen LogP) is 5.98. The first kappa shape index (κ1) is 35.7. The second-order valence-electron chi connectivity index (χ2n) is 13.4. The summed E-state index contributed by atoms with van der Waals surface area (Å²) in [7, 11) is 0.996. The van der Waals surface area contributed by atoms with Gasteiger partial charge in [0, 0.05) is 30.0 Å². The van der Waals surface area contributed by atoms with Crippen molar-refractivity contribution in [1.82, 2.24) is 30.0 Å². The summed E-state index contributed by atoms with van der Waals surface area (Å²) in [5.41, 5.74) is -0.322. The minimum absolute atomic E-state index is 0.0348. The average molecular weight is 759 g/mol. The van der Waals surface area contributed by atoms with Gasteiger partial charge in [0.2, 0.25) is 11.8 Å². The smallest absolute Gasteiger partial charge is 0.437 e. The van der Waals surface area contributed by atoms with Gasteiger partial charge in [-0.15, -0.1) is 11.3 Å². The van der Waals surface area contributed by atoms with Crippen LogP contribution in [0.3, 0.4) is 0 Å². The monoisotopic (exact) mass is 758 g/mol. The number of alkyl halides is 3. The van der Waals surface area contributed by atoms with Crippen molar-refractivity contribution in [1.29, 1.82) is 5.26 Å². The number of hydrogen-bond acceptors (Lipinski definition) is 14. The molecule has 1 fully saturated rings. The number of nitriles is 1. The zero-order valence-electron chi connectivity index (χ0n) is 28.4. The number of hydrogen-bond donors (Lipinski definition) is 0. The van der Waals surface area contributed by atoms with Crippen LogP contribution in [0.4, 0.5) is 18.2 Å². The van der Waals surface area contributed by atoms with Crippen molar-refractivity contribution >= 4 is 32.8 Å². The van der Waals surface area contributed by atoms with Gasteiger partial charge in [-0.2, -0.15) is 36.8 Å². The molecule has 0 aliphatic heterocycles. The Morgan fingerprint density at radius 1 is 1.15 bits per heavy atom. The van der Waals surface area contributed by atoms with Crippen LogP contribution >= 0.6 is 11.3 Å². The van der Waals surface area contributed by atoms with Gasteiger partial charge < -0.3 is 18.9 Å². The normalized spacial score (nSPS) is 19.2. The molecule has 52 heavy (non-hydrogen) atoms. The third-order valence-corrected chi connectivity index (χ3v) is 12.1. The molecule has 3 aliphatic carbocycles. The van der Waals surface area contributed by atoms with Gasteiger partial charge in [0.05, 0.1) is 49.0 Å². The quantitative estimate of drug-likeness (QED) is 0.0992. The van der Waals surface area contributed by atoms with E-state index in [2.05, 4.69) is 40.3 Å². The lowest BCUT2D eigenvalue weighted by molar-refractivity contribution is -0.142. The Labute approximate surface area is 300 Å². The molecule has 4 aromatic rings. The summed E-state index contributed by atoms with van der Waals surface area (Å²) in [5, 5.41) is 15.4. The molecule has 0 aromatic carbocycles. The zero-order chi connectivity index (χ0) is 36.9. The maximum absolute atomic E-state index is 13.8. The number of aryl methyl sites for hydroxylation is 1. The van der Waals surface area contributed by atoms with Crippen LogP contribution in [0.15, 0.2) is 28.1 Å². The predicted molar refractivity (Wildman–Crippen MR) is 180 cm³/mol. The molecule has 7 rings (SSSR count). The molecule has 0 amide bonds. The highest BCUT2D eigenvalue weighted by atomic mass is 32.2. The fourth-order valence-electron chi connectivity index (χ4n) is 6.96. The number of aromatic nitrogens is 5. The number of aliphatic imine (C=N–C) groups is 1. The van der Waals surface area contributed by atoms with E-state index in [4.69, 9.17) is 14.0 Å². The van der Waals surface area contributed by atoms with Crippen molar-refractivity contribution < 1.29 is 39.8 Å². The van der Waals surface area contributed by atoms with Crippen LogP contribution in [0, 0.1) is 16.7 Å². The SMILES string of the molecule is COS(=O)(=O)CC1(COc2cc(Oc3cncnc3C(F)(F)F)nc(-c3noc4c3CCC[C@@]43CCCc4sc(N=CN(C)C)c(C#N)c43)n2)CC1. The molecule has 1 saturated carbocycles.